The van der Waals surface area contributed by atoms with Crippen molar-refractivity contribution in [2.24, 2.45) is 94.7 Å². The van der Waals surface area contributed by atoms with Gasteiger partial charge in [-0.1, -0.05) is 103 Å². The molecule has 18 unspecified atom stereocenters. The third-order valence-electron chi connectivity index (χ3n) is 24.5. The standard InChI is InChI=1S/C59H95NOS/c1-2-12-37(13-3-1)38-24-28-42(29-25-38)60(43-30-26-40(27-31-43)45-20-10-16-39-14-4-6-17-44(39)45)53-34-32-47(56-46-18-7-5-15-41(46)36-52(53)56)48-21-11-22-49-50-33-35-55-57(59(50)61-58(48)49)51-19-8-9-23-54(51)62-55/h37-59H,1-36H2. The van der Waals surface area contributed by atoms with Crippen molar-refractivity contribution < 1.29 is 4.74 Å². The summed E-state index contributed by atoms with van der Waals surface area (Å²) in [5.41, 5.74) is 0. The van der Waals surface area contributed by atoms with Crippen LogP contribution in [0.3, 0.4) is 0 Å². The van der Waals surface area contributed by atoms with E-state index in [9.17, 15) is 0 Å². The highest BCUT2D eigenvalue weighted by Crippen LogP contribution is 2.65. The molecule has 62 heavy (non-hydrogen) atoms. The number of nitrogens with zero attached hydrogens (tertiary/aromatic N) is 1. The van der Waals surface area contributed by atoms with E-state index >= 15 is 0 Å². The van der Waals surface area contributed by atoms with Gasteiger partial charge in [-0.15, -0.1) is 0 Å². The molecule has 2 aliphatic heterocycles. The molecule has 0 N–H and O–H groups in total. The Balaban J connectivity index is 0.769. The summed E-state index contributed by atoms with van der Waals surface area (Å²) in [5.74, 6) is 16.2. The van der Waals surface area contributed by atoms with Gasteiger partial charge >= 0.3 is 0 Å². The SMILES string of the molecule is C1CCC(C2CCC(N(C3CCC(C4CCCC5CCCCC54)CC3)C3CCC(C4CCCC5C6CCC7SC8CCCCC8C7C6OC54)C4C5CCCCC5CC43)CC2)CC1. The van der Waals surface area contributed by atoms with E-state index in [0.29, 0.717) is 12.2 Å². The van der Waals surface area contributed by atoms with Gasteiger partial charge in [-0.3, -0.25) is 4.90 Å². The maximum absolute atomic E-state index is 7.88. The highest BCUT2D eigenvalue weighted by Gasteiger charge is 2.63. The lowest BCUT2D eigenvalue weighted by atomic mass is 9.57. The molecule has 0 spiro atoms. The van der Waals surface area contributed by atoms with E-state index in [1.807, 2.05) is 0 Å². The van der Waals surface area contributed by atoms with Crippen LogP contribution in [0.25, 0.3) is 0 Å². The third-order valence-corrected chi connectivity index (χ3v) is 26.4. The molecule has 2 nitrogen and oxygen atoms in total. The van der Waals surface area contributed by atoms with Crippen LogP contribution in [-0.2, 0) is 4.74 Å². The first-order chi connectivity index (χ1) is 30.7. The van der Waals surface area contributed by atoms with Crippen LogP contribution in [-0.4, -0.2) is 45.7 Å². The molecule has 2 saturated heterocycles. The Morgan fingerprint density at radius 3 is 1.60 bits per heavy atom. The summed E-state index contributed by atoms with van der Waals surface area (Å²) in [6.45, 7) is 0. The summed E-state index contributed by atoms with van der Waals surface area (Å²) in [4.78, 5) is 3.52. The summed E-state index contributed by atoms with van der Waals surface area (Å²) in [5, 5.41) is 1.92. The second-order valence-corrected chi connectivity index (χ2v) is 28.1. The Hall–Kier alpha value is 0.270. The van der Waals surface area contributed by atoms with Gasteiger partial charge in [0.1, 0.15) is 0 Å². The van der Waals surface area contributed by atoms with Crippen LogP contribution < -0.4 is 0 Å². The Labute approximate surface area is 386 Å². The van der Waals surface area contributed by atoms with Crippen LogP contribution >= 0.6 is 11.8 Å². The Bertz CT molecular complexity index is 1490. The molecule has 13 fully saturated rings. The lowest BCUT2D eigenvalue weighted by Gasteiger charge is -2.56. The molecule has 3 heteroatoms. The van der Waals surface area contributed by atoms with Gasteiger partial charge in [0.05, 0.1) is 12.2 Å². The molecular formula is C59H95NOS. The van der Waals surface area contributed by atoms with Crippen molar-refractivity contribution in [2.75, 3.05) is 0 Å². The topological polar surface area (TPSA) is 12.5 Å². The highest BCUT2D eigenvalue weighted by atomic mass is 32.2. The molecule has 13 rings (SSSR count). The first kappa shape index (κ1) is 42.4. The van der Waals surface area contributed by atoms with Crippen molar-refractivity contribution in [2.45, 2.75) is 272 Å². The number of ether oxygens (including phenoxy) is 1. The van der Waals surface area contributed by atoms with Gasteiger partial charge in [-0.25, -0.2) is 0 Å². The van der Waals surface area contributed by atoms with Gasteiger partial charge in [0.15, 0.2) is 0 Å². The van der Waals surface area contributed by atoms with Gasteiger partial charge in [0, 0.05) is 34.5 Å². The Kier molecular flexibility index (Phi) is 12.5. The fourth-order valence-electron chi connectivity index (χ4n) is 22.3. The zero-order valence-electron chi connectivity index (χ0n) is 40.0. The molecule has 0 aromatic rings. The summed E-state index contributed by atoms with van der Waals surface area (Å²) in [6.07, 6.45) is 57.3. The van der Waals surface area contributed by atoms with Crippen LogP contribution in [0.2, 0.25) is 0 Å². The largest absolute Gasteiger partial charge is 0.374 e. The summed E-state index contributed by atoms with van der Waals surface area (Å²) in [7, 11) is 0. The van der Waals surface area contributed by atoms with E-state index in [0.717, 1.165) is 123 Å². The average Bonchev–Trinajstić information content (AvgIpc) is 4.04. The van der Waals surface area contributed by atoms with Gasteiger partial charge < -0.3 is 4.74 Å². The molecule has 0 aromatic heterocycles. The minimum Gasteiger partial charge on any atom is -0.374 e. The van der Waals surface area contributed by atoms with Crippen LogP contribution in [0.1, 0.15) is 231 Å². The van der Waals surface area contributed by atoms with Crippen molar-refractivity contribution in [1.82, 2.24) is 4.90 Å². The maximum atomic E-state index is 7.88. The second kappa shape index (κ2) is 18.3. The van der Waals surface area contributed by atoms with Crippen molar-refractivity contribution >= 4 is 11.8 Å². The molecule has 13 aliphatic rings. The first-order valence-electron chi connectivity index (χ1n) is 29.8. The minimum absolute atomic E-state index is 0.625. The number of hydrogen-bond acceptors (Lipinski definition) is 3. The Morgan fingerprint density at radius 2 is 0.806 bits per heavy atom. The summed E-state index contributed by atoms with van der Waals surface area (Å²) < 4.78 is 7.88. The predicted molar refractivity (Wildman–Crippen MR) is 259 cm³/mol. The van der Waals surface area contributed by atoms with Crippen molar-refractivity contribution in [3.05, 3.63) is 0 Å². The van der Waals surface area contributed by atoms with Gasteiger partial charge in [-0.2, -0.15) is 11.8 Å². The van der Waals surface area contributed by atoms with E-state index in [4.69, 9.17) is 4.74 Å². The second-order valence-electron chi connectivity index (χ2n) is 26.6. The number of thioether (sulfide) groups is 1. The third kappa shape index (κ3) is 7.57. The normalized spacial score (nSPS) is 54.3. The van der Waals surface area contributed by atoms with Crippen LogP contribution in [0.5, 0.6) is 0 Å². The Morgan fingerprint density at radius 1 is 0.290 bits per heavy atom. The number of hydrogen-bond donors (Lipinski definition) is 0. The van der Waals surface area contributed by atoms with Crippen LogP contribution in [0.15, 0.2) is 0 Å². The van der Waals surface area contributed by atoms with Gasteiger partial charge in [0.2, 0.25) is 0 Å². The molecule has 0 amide bonds. The predicted octanol–water partition coefficient (Wildman–Crippen LogP) is 15.7. The fourth-order valence-corrected chi connectivity index (χ4v) is 24.4. The average molecular weight is 866 g/mol. The van der Waals surface area contributed by atoms with E-state index in [2.05, 4.69) is 16.7 Å². The lowest BCUT2D eigenvalue weighted by molar-refractivity contribution is -0.103. The van der Waals surface area contributed by atoms with E-state index in [-0.39, 0.29) is 0 Å². The maximum Gasteiger partial charge on any atom is 0.0652 e. The van der Waals surface area contributed by atoms with E-state index < -0.39 is 0 Å². The fraction of sp³-hybridized carbons (Fsp3) is 1.00. The summed E-state index contributed by atoms with van der Waals surface area (Å²) in [6, 6.07) is 2.71. The molecule has 0 bridgehead atoms. The molecule has 11 saturated carbocycles. The molecule has 2 heterocycles. The number of fused-ring (bicyclic) bond motifs is 11. The smallest absolute Gasteiger partial charge is 0.0652 e. The van der Waals surface area contributed by atoms with Crippen LogP contribution in [0, 0.1) is 94.7 Å². The molecule has 0 aromatic carbocycles. The van der Waals surface area contributed by atoms with Crippen molar-refractivity contribution in [1.29, 1.82) is 0 Å². The summed E-state index contributed by atoms with van der Waals surface area (Å²) >= 11 is 2.47. The van der Waals surface area contributed by atoms with E-state index in [1.165, 1.54) is 77.0 Å². The quantitative estimate of drug-likeness (QED) is 0.264. The zero-order chi connectivity index (χ0) is 40.7. The first-order valence-corrected chi connectivity index (χ1v) is 30.8. The van der Waals surface area contributed by atoms with Crippen molar-refractivity contribution in [3.8, 4) is 0 Å². The van der Waals surface area contributed by atoms with Gasteiger partial charge in [-0.05, 0) is 217 Å². The molecule has 11 aliphatic carbocycles. The van der Waals surface area contributed by atoms with Crippen LogP contribution in [0.4, 0.5) is 0 Å². The number of rotatable bonds is 6. The van der Waals surface area contributed by atoms with E-state index in [1.54, 1.807) is 154 Å². The molecule has 348 valence electrons. The zero-order valence-corrected chi connectivity index (χ0v) is 40.8. The van der Waals surface area contributed by atoms with Crippen molar-refractivity contribution in [3.63, 3.8) is 0 Å². The highest BCUT2D eigenvalue weighted by molar-refractivity contribution is 8.00. The minimum atomic E-state index is 0.625. The monoisotopic (exact) mass is 866 g/mol. The molecular weight excluding hydrogens is 771 g/mol. The molecule has 0 radical (unpaired) electrons. The molecule has 18 atom stereocenters. The lowest BCUT2D eigenvalue weighted by Crippen LogP contribution is -2.58. The van der Waals surface area contributed by atoms with Gasteiger partial charge in [0.25, 0.3) is 0 Å².